The summed E-state index contributed by atoms with van der Waals surface area (Å²) in [5, 5.41) is 12.9. The first-order valence-corrected chi connectivity index (χ1v) is 16.3. The standard InChI is InChI=1S/C35H36N4O7S/c1-22-29(21-47-34-36-15-16-38(34)2)45-33(46-31(22)25-13-11-23(19-40)12-14-25)26-9-6-10-27(17-26)39-30(41)18-28(32(39)42)37-35(43)44-20-24-7-4-3-5-8-24/h3-17,22,28-29,31,33,40H,18-21H2,1-2H3,(H,37,43)/t22-,28?,29+,31+,33+/m1/s1. The highest BCUT2D eigenvalue weighted by atomic mass is 32.2. The van der Waals surface area contributed by atoms with E-state index < -0.39 is 30.2 Å². The lowest BCUT2D eigenvalue weighted by Crippen LogP contribution is -2.42. The van der Waals surface area contributed by atoms with E-state index in [9.17, 15) is 19.5 Å². The molecule has 0 bridgehead atoms. The number of aromatic nitrogens is 2. The maximum absolute atomic E-state index is 13.4. The molecular formula is C35H36N4O7S. The molecule has 2 N–H and O–H groups in total. The van der Waals surface area contributed by atoms with Crippen LogP contribution in [-0.4, -0.2) is 50.5 Å². The van der Waals surface area contributed by atoms with Crippen LogP contribution in [0.3, 0.4) is 0 Å². The predicted molar refractivity (Wildman–Crippen MR) is 174 cm³/mol. The van der Waals surface area contributed by atoms with Crippen molar-refractivity contribution < 1.29 is 33.7 Å². The Hall–Kier alpha value is -4.49. The second-order valence-corrected chi connectivity index (χ2v) is 12.6. The maximum atomic E-state index is 13.4. The van der Waals surface area contributed by atoms with Gasteiger partial charge in [0, 0.05) is 36.7 Å². The number of carbonyl (C=O) groups is 3. The molecule has 0 spiro atoms. The molecule has 2 aliphatic heterocycles. The van der Waals surface area contributed by atoms with Crippen molar-refractivity contribution in [1.29, 1.82) is 0 Å². The number of benzene rings is 3. The van der Waals surface area contributed by atoms with Crippen molar-refractivity contribution in [3.05, 3.63) is 114 Å². The van der Waals surface area contributed by atoms with Gasteiger partial charge >= 0.3 is 6.09 Å². The number of hydrogen-bond donors (Lipinski definition) is 2. The molecule has 3 aromatic carbocycles. The van der Waals surface area contributed by atoms with Crippen LogP contribution < -0.4 is 10.2 Å². The number of nitrogens with zero attached hydrogens (tertiary/aromatic N) is 3. The SMILES string of the molecule is C[C@@H]1[C@H](CSc2nccn2C)O[C@H](c2cccc(N3C(=O)CC(NC(=O)OCc4ccccc4)C3=O)c2)O[C@@H]1c1ccc(CO)cc1. The van der Waals surface area contributed by atoms with Crippen LogP contribution in [0.1, 0.15) is 48.0 Å². The zero-order chi connectivity index (χ0) is 32.9. The highest BCUT2D eigenvalue weighted by molar-refractivity contribution is 7.99. The average molecular weight is 657 g/mol. The summed E-state index contributed by atoms with van der Waals surface area (Å²) >= 11 is 1.59. The van der Waals surface area contributed by atoms with E-state index in [0.29, 0.717) is 17.0 Å². The number of hydrogen-bond acceptors (Lipinski definition) is 9. The van der Waals surface area contributed by atoms with Gasteiger partial charge in [-0.3, -0.25) is 9.59 Å². The van der Waals surface area contributed by atoms with Crippen molar-refractivity contribution in [3.8, 4) is 0 Å². The highest BCUT2D eigenvalue weighted by Gasteiger charge is 2.42. The van der Waals surface area contributed by atoms with E-state index in [4.69, 9.17) is 14.2 Å². The van der Waals surface area contributed by atoms with Crippen molar-refractivity contribution in [2.45, 2.75) is 56.3 Å². The molecule has 12 heteroatoms. The molecule has 244 valence electrons. The molecule has 0 saturated carbocycles. The van der Waals surface area contributed by atoms with E-state index in [0.717, 1.165) is 26.7 Å². The van der Waals surface area contributed by atoms with Gasteiger partial charge in [0.2, 0.25) is 5.91 Å². The summed E-state index contributed by atoms with van der Waals surface area (Å²) in [5.74, 6) is -0.398. The van der Waals surface area contributed by atoms with Crippen LogP contribution in [0.2, 0.25) is 0 Å². The number of imidazole rings is 1. The monoisotopic (exact) mass is 656 g/mol. The fraction of sp³-hybridized carbons (Fsp3) is 0.314. The highest BCUT2D eigenvalue weighted by Crippen LogP contribution is 2.43. The molecule has 11 nitrogen and oxygen atoms in total. The smallest absolute Gasteiger partial charge is 0.408 e. The Morgan fingerprint density at radius 1 is 1.02 bits per heavy atom. The Labute approximate surface area is 276 Å². The normalized spacial score (nSPS) is 22.8. The molecule has 4 aromatic rings. The van der Waals surface area contributed by atoms with Gasteiger partial charge in [0.25, 0.3) is 5.91 Å². The van der Waals surface area contributed by atoms with E-state index in [1.54, 1.807) is 36.2 Å². The number of nitrogens with one attached hydrogen (secondary N) is 1. The van der Waals surface area contributed by atoms with Gasteiger partial charge in [0.15, 0.2) is 11.4 Å². The summed E-state index contributed by atoms with van der Waals surface area (Å²) in [4.78, 5) is 44.4. The van der Waals surface area contributed by atoms with E-state index in [2.05, 4.69) is 17.2 Å². The lowest BCUT2D eigenvalue weighted by Gasteiger charge is -2.41. The van der Waals surface area contributed by atoms with Crippen LogP contribution in [0, 0.1) is 5.92 Å². The Kier molecular flexibility index (Phi) is 10.0. The molecule has 47 heavy (non-hydrogen) atoms. The Morgan fingerprint density at radius 2 is 1.81 bits per heavy atom. The van der Waals surface area contributed by atoms with Crippen LogP contribution in [-0.2, 0) is 44.1 Å². The molecule has 3 amide bonds. The van der Waals surface area contributed by atoms with E-state index in [-0.39, 0.29) is 37.8 Å². The quantitative estimate of drug-likeness (QED) is 0.178. The molecule has 1 aromatic heterocycles. The molecule has 3 heterocycles. The minimum absolute atomic E-state index is 0.0302. The average Bonchev–Trinajstić information content (AvgIpc) is 3.63. The number of anilines is 1. The van der Waals surface area contributed by atoms with Crippen molar-refractivity contribution in [3.63, 3.8) is 0 Å². The first-order chi connectivity index (χ1) is 22.8. The molecule has 2 aliphatic rings. The molecule has 2 saturated heterocycles. The Balaban J connectivity index is 1.18. The summed E-state index contributed by atoms with van der Waals surface area (Å²) in [6.07, 6.45) is 1.33. The van der Waals surface area contributed by atoms with Crippen molar-refractivity contribution in [2.75, 3.05) is 10.7 Å². The van der Waals surface area contributed by atoms with E-state index in [1.807, 2.05) is 78.5 Å². The van der Waals surface area contributed by atoms with Gasteiger partial charge in [-0.25, -0.2) is 14.7 Å². The number of carbonyl (C=O) groups excluding carboxylic acids is 3. The molecular weight excluding hydrogens is 620 g/mol. The number of alkyl carbamates (subject to hydrolysis) is 1. The minimum atomic E-state index is -1.05. The van der Waals surface area contributed by atoms with Crippen LogP contribution in [0.15, 0.2) is 96.4 Å². The molecule has 5 atom stereocenters. The van der Waals surface area contributed by atoms with Gasteiger partial charge in [-0.2, -0.15) is 0 Å². The number of aliphatic hydroxyl groups excluding tert-OH is 1. The minimum Gasteiger partial charge on any atom is -0.445 e. The number of rotatable bonds is 10. The number of aryl methyl sites for hydroxylation is 1. The van der Waals surface area contributed by atoms with Crippen LogP contribution >= 0.6 is 11.8 Å². The third-order valence-corrected chi connectivity index (χ3v) is 9.48. The summed E-state index contributed by atoms with van der Waals surface area (Å²) in [7, 11) is 1.94. The molecule has 6 rings (SSSR count). The van der Waals surface area contributed by atoms with Gasteiger partial charge in [0.1, 0.15) is 12.6 Å². The number of aliphatic hydroxyl groups is 1. The molecule has 0 radical (unpaired) electrons. The third-order valence-electron chi connectivity index (χ3n) is 8.33. The Morgan fingerprint density at radius 3 is 2.53 bits per heavy atom. The topological polar surface area (TPSA) is 132 Å². The lowest BCUT2D eigenvalue weighted by molar-refractivity contribution is -0.268. The van der Waals surface area contributed by atoms with Crippen molar-refractivity contribution >= 4 is 35.4 Å². The Bertz CT molecular complexity index is 1710. The van der Waals surface area contributed by atoms with Crippen LogP contribution in [0.5, 0.6) is 0 Å². The van der Waals surface area contributed by atoms with E-state index in [1.165, 1.54) is 0 Å². The van der Waals surface area contributed by atoms with Gasteiger partial charge in [0.05, 0.1) is 30.9 Å². The fourth-order valence-corrected chi connectivity index (χ4v) is 6.79. The van der Waals surface area contributed by atoms with Gasteiger partial charge < -0.3 is 29.2 Å². The van der Waals surface area contributed by atoms with Gasteiger partial charge in [-0.05, 0) is 28.8 Å². The van der Waals surface area contributed by atoms with Crippen LogP contribution in [0.25, 0.3) is 0 Å². The predicted octanol–water partition coefficient (Wildman–Crippen LogP) is 5.05. The van der Waals surface area contributed by atoms with Crippen molar-refractivity contribution in [2.24, 2.45) is 13.0 Å². The lowest BCUT2D eigenvalue weighted by atomic mass is 9.91. The first-order valence-electron chi connectivity index (χ1n) is 15.4. The van der Waals surface area contributed by atoms with Gasteiger partial charge in [-0.1, -0.05) is 85.4 Å². The molecule has 2 fully saturated rings. The van der Waals surface area contributed by atoms with Crippen LogP contribution in [0.4, 0.5) is 10.5 Å². The van der Waals surface area contributed by atoms with Gasteiger partial charge in [-0.15, -0.1) is 0 Å². The maximum Gasteiger partial charge on any atom is 0.408 e. The largest absolute Gasteiger partial charge is 0.445 e. The molecule has 1 unspecified atom stereocenters. The summed E-state index contributed by atoms with van der Waals surface area (Å²) in [6.45, 7) is 2.07. The zero-order valence-corrected chi connectivity index (χ0v) is 26.8. The number of thioether (sulfide) groups is 1. The summed E-state index contributed by atoms with van der Waals surface area (Å²) < 4.78 is 20.3. The second kappa shape index (κ2) is 14.5. The summed E-state index contributed by atoms with van der Waals surface area (Å²) in [5.41, 5.74) is 3.55. The number of imide groups is 1. The number of ether oxygens (including phenoxy) is 3. The second-order valence-electron chi connectivity index (χ2n) is 11.6. The third kappa shape index (κ3) is 7.41. The fourth-order valence-electron chi connectivity index (χ4n) is 5.69. The first kappa shape index (κ1) is 32.5. The zero-order valence-electron chi connectivity index (χ0n) is 26.0. The molecule has 0 aliphatic carbocycles. The number of amides is 3. The van der Waals surface area contributed by atoms with Crippen molar-refractivity contribution in [1.82, 2.24) is 14.9 Å². The van der Waals surface area contributed by atoms with E-state index >= 15 is 0 Å². The summed E-state index contributed by atoms with van der Waals surface area (Å²) in [6, 6.07) is 22.7.